The maximum atomic E-state index is 9.14. The Labute approximate surface area is 109 Å². The molecular formula is C14H21BO3. The van der Waals surface area contributed by atoms with Gasteiger partial charge in [-0.05, 0) is 48.7 Å². The Bertz CT molecular complexity index is 384. The Morgan fingerprint density at radius 3 is 2.39 bits per heavy atom. The van der Waals surface area contributed by atoms with Crippen molar-refractivity contribution in [2.75, 3.05) is 0 Å². The van der Waals surface area contributed by atoms with E-state index in [0.717, 1.165) is 18.6 Å². The summed E-state index contributed by atoms with van der Waals surface area (Å²) in [5, 5.41) is 18.3. The van der Waals surface area contributed by atoms with Crippen LogP contribution in [-0.2, 0) is 0 Å². The minimum atomic E-state index is -1.43. The highest BCUT2D eigenvalue weighted by Gasteiger charge is 2.25. The molecule has 18 heavy (non-hydrogen) atoms. The third kappa shape index (κ3) is 3.50. The SMILES string of the molecule is CC1CC(C)CC(Oc2cccc(B(O)O)c2)C1. The molecule has 1 aromatic carbocycles. The zero-order chi connectivity index (χ0) is 13.1. The summed E-state index contributed by atoms with van der Waals surface area (Å²) in [5.41, 5.74) is 0.476. The Morgan fingerprint density at radius 2 is 1.78 bits per heavy atom. The van der Waals surface area contributed by atoms with Crippen molar-refractivity contribution in [3.63, 3.8) is 0 Å². The summed E-state index contributed by atoms with van der Waals surface area (Å²) in [7, 11) is -1.43. The molecule has 0 aliphatic heterocycles. The normalized spacial score (nSPS) is 27.9. The van der Waals surface area contributed by atoms with Crippen LogP contribution >= 0.6 is 0 Å². The molecule has 0 spiro atoms. The first-order valence-corrected chi connectivity index (χ1v) is 6.67. The molecule has 0 radical (unpaired) electrons. The van der Waals surface area contributed by atoms with Gasteiger partial charge in [-0.25, -0.2) is 0 Å². The monoisotopic (exact) mass is 248 g/mol. The van der Waals surface area contributed by atoms with E-state index in [1.807, 2.05) is 6.07 Å². The molecule has 1 aliphatic rings. The molecule has 0 saturated heterocycles. The lowest BCUT2D eigenvalue weighted by molar-refractivity contribution is 0.101. The van der Waals surface area contributed by atoms with Crippen LogP contribution in [0.5, 0.6) is 5.75 Å². The second-order valence-corrected chi connectivity index (χ2v) is 5.60. The van der Waals surface area contributed by atoms with E-state index in [-0.39, 0.29) is 6.10 Å². The summed E-state index contributed by atoms with van der Waals surface area (Å²) in [5.74, 6) is 2.13. The number of rotatable bonds is 3. The predicted molar refractivity (Wildman–Crippen MR) is 72.9 cm³/mol. The molecule has 2 rings (SSSR count). The van der Waals surface area contributed by atoms with E-state index in [1.165, 1.54) is 6.42 Å². The molecule has 3 nitrogen and oxygen atoms in total. The lowest BCUT2D eigenvalue weighted by Crippen LogP contribution is -2.31. The third-order valence-corrected chi connectivity index (χ3v) is 3.59. The summed E-state index contributed by atoms with van der Waals surface area (Å²) >= 11 is 0. The van der Waals surface area contributed by atoms with E-state index in [2.05, 4.69) is 13.8 Å². The fourth-order valence-electron chi connectivity index (χ4n) is 2.91. The van der Waals surface area contributed by atoms with Crippen molar-refractivity contribution in [2.24, 2.45) is 11.8 Å². The van der Waals surface area contributed by atoms with Crippen LogP contribution in [0.15, 0.2) is 24.3 Å². The molecule has 2 N–H and O–H groups in total. The fourth-order valence-corrected chi connectivity index (χ4v) is 2.91. The molecule has 1 aromatic rings. The van der Waals surface area contributed by atoms with Crippen LogP contribution < -0.4 is 10.2 Å². The first-order valence-electron chi connectivity index (χ1n) is 6.67. The number of ether oxygens (including phenoxy) is 1. The Balaban J connectivity index is 2.02. The van der Waals surface area contributed by atoms with E-state index < -0.39 is 7.12 Å². The van der Waals surface area contributed by atoms with Crippen LogP contribution in [0.1, 0.15) is 33.1 Å². The first kappa shape index (κ1) is 13.4. The summed E-state index contributed by atoms with van der Waals surface area (Å²) < 4.78 is 5.96. The quantitative estimate of drug-likeness (QED) is 0.798. The molecule has 1 saturated carbocycles. The lowest BCUT2D eigenvalue weighted by atomic mass is 9.80. The molecule has 0 heterocycles. The van der Waals surface area contributed by atoms with Crippen LogP contribution in [0, 0.1) is 11.8 Å². The van der Waals surface area contributed by atoms with Crippen LogP contribution in [-0.4, -0.2) is 23.3 Å². The second kappa shape index (κ2) is 5.76. The minimum Gasteiger partial charge on any atom is -0.490 e. The lowest BCUT2D eigenvalue weighted by Gasteiger charge is -2.31. The zero-order valence-corrected chi connectivity index (χ0v) is 11.0. The van der Waals surface area contributed by atoms with E-state index in [4.69, 9.17) is 14.8 Å². The van der Waals surface area contributed by atoms with Gasteiger partial charge in [-0.15, -0.1) is 0 Å². The fraction of sp³-hybridized carbons (Fsp3) is 0.571. The molecule has 1 aliphatic carbocycles. The van der Waals surface area contributed by atoms with E-state index >= 15 is 0 Å². The Hall–Kier alpha value is -0.995. The second-order valence-electron chi connectivity index (χ2n) is 5.60. The van der Waals surface area contributed by atoms with Crippen molar-refractivity contribution in [3.8, 4) is 5.75 Å². The number of hydrogen-bond acceptors (Lipinski definition) is 3. The van der Waals surface area contributed by atoms with Gasteiger partial charge in [-0.3, -0.25) is 0 Å². The van der Waals surface area contributed by atoms with Gasteiger partial charge in [0.1, 0.15) is 5.75 Å². The molecule has 2 atom stereocenters. The standard InChI is InChI=1S/C14H21BO3/c1-10-6-11(2)8-14(7-10)18-13-5-3-4-12(9-13)15(16)17/h3-5,9-11,14,16-17H,6-8H2,1-2H3. The average molecular weight is 248 g/mol. The van der Waals surface area contributed by atoms with Crippen molar-refractivity contribution in [1.82, 2.24) is 0 Å². The molecule has 2 unspecified atom stereocenters. The van der Waals surface area contributed by atoms with Gasteiger partial charge < -0.3 is 14.8 Å². The van der Waals surface area contributed by atoms with Gasteiger partial charge in [-0.1, -0.05) is 26.0 Å². The highest BCUT2D eigenvalue weighted by atomic mass is 16.5. The summed E-state index contributed by atoms with van der Waals surface area (Å²) in [6, 6.07) is 7.05. The minimum absolute atomic E-state index is 0.245. The van der Waals surface area contributed by atoms with Crippen molar-refractivity contribution >= 4 is 12.6 Å². The van der Waals surface area contributed by atoms with Gasteiger partial charge in [0.25, 0.3) is 0 Å². The van der Waals surface area contributed by atoms with Gasteiger partial charge in [0.05, 0.1) is 6.10 Å². The van der Waals surface area contributed by atoms with E-state index in [1.54, 1.807) is 18.2 Å². The molecular weight excluding hydrogens is 227 g/mol. The van der Waals surface area contributed by atoms with Gasteiger partial charge in [0.15, 0.2) is 0 Å². The van der Waals surface area contributed by atoms with Gasteiger partial charge >= 0.3 is 7.12 Å². The third-order valence-electron chi connectivity index (χ3n) is 3.59. The smallest absolute Gasteiger partial charge is 0.488 e. The summed E-state index contributed by atoms with van der Waals surface area (Å²) in [4.78, 5) is 0. The summed E-state index contributed by atoms with van der Waals surface area (Å²) in [6.07, 6.45) is 3.68. The van der Waals surface area contributed by atoms with Crippen LogP contribution in [0.4, 0.5) is 0 Å². The van der Waals surface area contributed by atoms with Crippen molar-refractivity contribution < 1.29 is 14.8 Å². The van der Waals surface area contributed by atoms with Gasteiger partial charge in [0, 0.05) is 0 Å². The van der Waals surface area contributed by atoms with Crippen molar-refractivity contribution in [1.29, 1.82) is 0 Å². The Morgan fingerprint density at radius 1 is 1.11 bits per heavy atom. The predicted octanol–water partition coefficient (Wildman–Crippen LogP) is 1.57. The molecule has 1 fully saturated rings. The first-order chi connectivity index (χ1) is 8.54. The zero-order valence-electron chi connectivity index (χ0n) is 11.0. The van der Waals surface area contributed by atoms with Crippen LogP contribution in [0.2, 0.25) is 0 Å². The maximum absolute atomic E-state index is 9.14. The molecule has 0 amide bonds. The van der Waals surface area contributed by atoms with Crippen LogP contribution in [0.3, 0.4) is 0 Å². The molecule has 0 aromatic heterocycles. The highest BCUT2D eigenvalue weighted by Crippen LogP contribution is 2.31. The van der Waals surface area contributed by atoms with Crippen LogP contribution in [0.25, 0.3) is 0 Å². The maximum Gasteiger partial charge on any atom is 0.488 e. The molecule has 0 bridgehead atoms. The van der Waals surface area contributed by atoms with E-state index in [9.17, 15) is 0 Å². The molecule has 98 valence electrons. The topological polar surface area (TPSA) is 49.7 Å². The van der Waals surface area contributed by atoms with Crippen molar-refractivity contribution in [3.05, 3.63) is 24.3 Å². The van der Waals surface area contributed by atoms with Gasteiger partial charge in [0.2, 0.25) is 0 Å². The number of hydrogen-bond donors (Lipinski definition) is 2. The van der Waals surface area contributed by atoms with E-state index in [0.29, 0.717) is 17.3 Å². The summed E-state index contributed by atoms with van der Waals surface area (Å²) in [6.45, 7) is 4.53. The average Bonchev–Trinajstić information content (AvgIpc) is 2.27. The van der Waals surface area contributed by atoms with Crippen molar-refractivity contribution in [2.45, 2.75) is 39.2 Å². The number of benzene rings is 1. The highest BCUT2D eigenvalue weighted by molar-refractivity contribution is 6.58. The largest absolute Gasteiger partial charge is 0.490 e. The Kier molecular flexibility index (Phi) is 4.30. The van der Waals surface area contributed by atoms with Gasteiger partial charge in [-0.2, -0.15) is 0 Å². The molecule has 4 heteroatoms.